The molecule has 0 spiro atoms. The zero-order valence-electron chi connectivity index (χ0n) is 13.3. The summed E-state index contributed by atoms with van der Waals surface area (Å²) in [5.74, 6) is -0.350. The first-order valence-corrected chi connectivity index (χ1v) is 9.65. The molecule has 1 rings (SSSR count). The Morgan fingerprint density at radius 3 is 2.41 bits per heavy atom. The van der Waals surface area contributed by atoms with Gasteiger partial charge in [0.05, 0.1) is 11.8 Å². The number of benzene rings is 1. The minimum Gasteiger partial charge on any atom is -0.352 e. The average Bonchev–Trinajstić information content (AvgIpc) is 2.45. The molecule has 2 unspecified atom stereocenters. The van der Waals surface area contributed by atoms with Crippen molar-refractivity contribution in [3.63, 3.8) is 0 Å². The molecule has 1 aromatic rings. The van der Waals surface area contributed by atoms with E-state index < -0.39 is 15.9 Å². The van der Waals surface area contributed by atoms with Gasteiger partial charge in [-0.15, -0.1) is 0 Å². The lowest BCUT2D eigenvalue weighted by atomic mass is 10.0. The van der Waals surface area contributed by atoms with E-state index in [0.717, 1.165) is 31.1 Å². The second-order valence-corrected chi connectivity index (χ2v) is 7.97. The van der Waals surface area contributed by atoms with E-state index in [1.54, 1.807) is 0 Å². The van der Waals surface area contributed by atoms with Gasteiger partial charge in [-0.25, -0.2) is 8.42 Å². The van der Waals surface area contributed by atoms with Crippen molar-refractivity contribution in [2.45, 2.75) is 44.7 Å². The van der Waals surface area contributed by atoms with Gasteiger partial charge in [0.15, 0.2) is 0 Å². The first-order chi connectivity index (χ1) is 10.3. The van der Waals surface area contributed by atoms with E-state index in [4.69, 9.17) is 5.73 Å². The number of carbonyl (C=O) groups is 1. The number of hydrogen-bond donors (Lipinski definition) is 2. The Labute approximate surface area is 133 Å². The normalized spacial score (nSPS) is 14.3. The first kappa shape index (κ1) is 18.6. The van der Waals surface area contributed by atoms with E-state index in [2.05, 4.69) is 12.2 Å². The summed E-state index contributed by atoms with van der Waals surface area (Å²) in [7, 11) is -3.10. The van der Waals surface area contributed by atoms with Crippen LogP contribution in [0.2, 0.25) is 0 Å². The molecule has 0 aliphatic heterocycles. The minimum absolute atomic E-state index is 0.0178. The number of hydrogen-bond acceptors (Lipinski definition) is 4. The fourth-order valence-corrected chi connectivity index (χ4v) is 2.93. The van der Waals surface area contributed by atoms with Gasteiger partial charge < -0.3 is 11.1 Å². The molecular formula is C16H26N2O3S. The molecule has 22 heavy (non-hydrogen) atoms. The molecule has 0 aromatic heterocycles. The van der Waals surface area contributed by atoms with Gasteiger partial charge in [0.1, 0.15) is 9.84 Å². The number of carbonyl (C=O) groups excluding carboxylic acids is 1. The van der Waals surface area contributed by atoms with E-state index in [-0.39, 0.29) is 24.1 Å². The predicted octanol–water partition coefficient (Wildman–Crippen LogP) is 1.28. The molecule has 3 N–H and O–H groups in total. The van der Waals surface area contributed by atoms with Gasteiger partial charge >= 0.3 is 0 Å². The Balaban J connectivity index is 2.56. The Hall–Kier alpha value is -1.40. The van der Waals surface area contributed by atoms with Crippen molar-refractivity contribution in [1.29, 1.82) is 0 Å². The first-order valence-electron chi connectivity index (χ1n) is 7.59. The summed E-state index contributed by atoms with van der Waals surface area (Å²) in [6, 6.07) is 9.18. The van der Waals surface area contributed by atoms with Crippen LogP contribution in [-0.2, 0) is 21.1 Å². The Morgan fingerprint density at radius 1 is 1.23 bits per heavy atom. The third kappa shape index (κ3) is 7.56. The molecule has 0 saturated carbocycles. The molecule has 0 aliphatic carbocycles. The largest absolute Gasteiger partial charge is 0.352 e. The molecule has 5 nitrogen and oxygen atoms in total. The second-order valence-electron chi connectivity index (χ2n) is 5.71. The maximum Gasteiger partial charge on any atom is 0.237 e. The van der Waals surface area contributed by atoms with Crippen molar-refractivity contribution in [1.82, 2.24) is 5.32 Å². The van der Waals surface area contributed by atoms with Crippen molar-refractivity contribution < 1.29 is 13.2 Å². The van der Waals surface area contributed by atoms with Crippen molar-refractivity contribution in [3.8, 4) is 0 Å². The van der Waals surface area contributed by atoms with Crippen molar-refractivity contribution in [2.24, 2.45) is 5.73 Å². The number of amides is 1. The maximum atomic E-state index is 12.1. The molecule has 0 heterocycles. The van der Waals surface area contributed by atoms with Gasteiger partial charge in [0.2, 0.25) is 5.91 Å². The number of nitrogens with one attached hydrogen (secondary N) is 1. The predicted molar refractivity (Wildman–Crippen MR) is 89.3 cm³/mol. The van der Waals surface area contributed by atoms with Gasteiger partial charge in [-0.2, -0.15) is 0 Å². The van der Waals surface area contributed by atoms with Crippen LogP contribution in [0.25, 0.3) is 0 Å². The molecule has 0 bridgehead atoms. The van der Waals surface area contributed by atoms with Crippen LogP contribution in [0.4, 0.5) is 0 Å². The van der Waals surface area contributed by atoms with Crippen LogP contribution in [0.1, 0.15) is 31.7 Å². The Morgan fingerprint density at radius 2 is 1.86 bits per heavy atom. The van der Waals surface area contributed by atoms with E-state index in [1.165, 1.54) is 0 Å². The third-order valence-electron chi connectivity index (χ3n) is 3.44. The summed E-state index contributed by atoms with van der Waals surface area (Å²) in [5.41, 5.74) is 6.94. The smallest absolute Gasteiger partial charge is 0.237 e. The molecule has 0 fully saturated rings. The highest BCUT2D eigenvalue weighted by Crippen LogP contribution is 2.08. The van der Waals surface area contributed by atoms with Gasteiger partial charge in [0.25, 0.3) is 0 Å². The summed E-state index contributed by atoms with van der Waals surface area (Å²) in [4.78, 5) is 12.1. The summed E-state index contributed by atoms with van der Waals surface area (Å²) >= 11 is 0. The average molecular weight is 326 g/mol. The lowest BCUT2D eigenvalue weighted by Gasteiger charge is -2.21. The highest BCUT2D eigenvalue weighted by Gasteiger charge is 2.19. The van der Waals surface area contributed by atoms with Crippen LogP contribution >= 0.6 is 0 Å². The molecule has 6 heteroatoms. The van der Waals surface area contributed by atoms with Gasteiger partial charge in [-0.1, -0.05) is 43.7 Å². The number of sulfone groups is 1. The quantitative estimate of drug-likeness (QED) is 0.715. The summed E-state index contributed by atoms with van der Waals surface area (Å²) in [6.07, 6.45) is 3.86. The fourth-order valence-electron chi connectivity index (χ4n) is 2.25. The van der Waals surface area contributed by atoms with Crippen LogP contribution < -0.4 is 11.1 Å². The van der Waals surface area contributed by atoms with Crippen molar-refractivity contribution >= 4 is 15.7 Å². The molecule has 2 atom stereocenters. The zero-order valence-corrected chi connectivity index (χ0v) is 14.1. The number of rotatable bonds is 9. The van der Waals surface area contributed by atoms with E-state index >= 15 is 0 Å². The molecule has 1 aromatic carbocycles. The zero-order chi connectivity index (χ0) is 16.6. The standard InChI is InChI=1S/C16H26N2O3S/c1-3-7-14(12-13-8-5-4-6-9-13)18-16(19)15(17)10-11-22(2,20)21/h4-6,8-9,14-15H,3,7,10-12,17H2,1-2H3,(H,18,19). The van der Waals surface area contributed by atoms with Gasteiger partial charge in [-0.3, -0.25) is 4.79 Å². The molecule has 0 aliphatic rings. The van der Waals surface area contributed by atoms with Crippen molar-refractivity contribution in [2.75, 3.05) is 12.0 Å². The highest BCUT2D eigenvalue weighted by atomic mass is 32.2. The highest BCUT2D eigenvalue weighted by molar-refractivity contribution is 7.90. The van der Waals surface area contributed by atoms with E-state index in [1.807, 2.05) is 30.3 Å². The van der Waals surface area contributed by atoms with Crippen LogP contribution in [-0.4, -0.2) is 38.4 Å². The summed E-state index contributed by atoms with van der Waals surface area (Å²) in [5, 5.41) is 2.94. The van der Waals surface area contributed by atoms with Crippen LogP contribution in [0, 0.1) is 0 Å². The summed E-state index contributed by atoms with van der Waals surface area (Å²) < 4.78 is 22.3. The fraction of sp³-hybridized carbons (Fsp3) is 0.562. The second kappa shape index (κ2) is 8.90. The van der Waals surface area contributed by atoms with Gasteiger partial charge in [-0.05, 0) is 24.8 Å². The molecule has 0 radical (unpaired) electrons. The van der Waals surface area contributed by atoms with Crippen LogP contribution in [0.15, 0.2) is 30.3 Å². The van der Waals surface area contributed by atoms with E-state index in [0.29, 0.717) is 0 Å². The van der Waals surface area contributed by atoms with Gasteiger partial charge in [0, 0.05) is 12.3 Å². The molecule has 1 amide bonds. The Kier molecular flexibility index (Phi) is 7.55. The van der Waals surface area contributed by atoms with Crippen LogP contribution in [0.5, 0.6) is 0 Å². The Bertz CT molecular complexity index is 558. The summed E-state index contributed by atoms with van der Waals surface area (Å²) in [6.45, 7) is 2.06. The molecule has 0 saturated heterocycles. The third-order valence-corrected chi connectivity index (χ3v) is 4.42. The van der Waals surface area contributed by atoms with Crippen LogP contribution in [0.3, 0.4) is 0 Å². The lowest BCUT2D eigenvalue weighted by Crippen LogP contribution is -2.46. The minimum atomic E-state index is -3.10. The van der Waals surface area contributed by atoms with E-state index in [9.17, 15) is 13.2 Å². The SMILES string of the molecule is CCCC(Cc1ccccc1)NC(=O)C(N)CCS(C)(=O)=O. The molecule has 124 valence electrons. The van der Waals surface area contributed by atoms with Crippen molar-refractivity contribution in [3.05, 3.63) is 35.9 Å². The monoisotopic (exact) mass is 326 g/mol. The number of nitrogens with two attached hydrogens (primary N) is 1. The maximum absolute atomic E-state index is 12.1. The molecular weight excluding hydrogens is 300 g/mol. The lowest BCUT2D eigenvalue weighted by molar-refractivity contribution is -0.123. The topological polar surface area (TPSA) is 89.3 Å².